The highest BCUT2D eigenvalue weighted by Gasteiger charge is 2.30. The second kappa shape index (κ2) is 3.44. The highest BCUT2D eigenvalue weighted by atomic mass is 16.6. The van der Waals surface area contributed by atoms with Crippen molar-refractivity contribution in [2.45, 2.75) is 31.8 Å². The minimum atomic E-state index is -0.120. The quantitative estimate of drug-likeness (QED) is 0.486. The van der Waals surface area contributed by atoms with E-state index in [-0.39, 0.29) is 12.0 Å². The molecule has 3 heteroatoms. The number of epoxide rings is 1. The van der Waals surface area contributed by atoms with Crippen LogP contribution >= 0.6 is 0 Å². The third kappa shape index (κ3) is 2.48. The van der Waals surface area contributed by atoms with Crippen LogP contribution < -0.4 is 5.32 Å². The van der Waals surface area contributed by atoms with Crippen LogP contribution in [0.4, 0.5) is 0 Å². The van der Waals surface area contributed by atoms with Crippen molar-refractivity contribution < 1.29 is 9.53 Å². The van der Waals surface area contributed by atoms with E-state index in [1.165, 1.54) is 19.3 Å². The molecule has 0 aromatic heterocycles. The van der Waals surface area contributed by atoms with Crippen molar-refractivity contribution in [2.24, 2.45) is 5.92 Å². The molecule has 1 atom stereocenters. The summed E-state index contributed by atoms with van der Waals surface area (Å²) in [7, 11) is 0. The number of carbonyl (C=O) groups is 1. The molecule has 2 aliphatic rings. The van der Waals surface area contributed by atoms with E-state index in [0.717, 1.165) is 18.9 Å². The molecule has 12 heavy (non-hydrogen) atoms. The van der Waals surface area contributed by atoms with E-state index in [9.17, 15) is 4.79 Å². The highest BCUT2D eigenvalue weighted by Crippen LogP contribution is 2.33. The Morgan fingerprint density at radius 2 is 2.25 bits per heavy atom. The van der Waals surface area contributed by atoms with Crippen molar-refractivity contribution in [3.8, 4) is 0 Å². The number of hydrogen-bond donors (Lipinski definition) is 1. The highest BCUT2D eigenvalue weighted by molar-refractivity contribution is 5.82. The number of ether oxygens (including phenoxy) is 1. The fraction of sp³-hybridized carbons (Fsp3) is 0.889. The summed E-state index contributed by atoms with van der Waals surface area (Å²) in [5.74, 6) is 1.05. The maximum Gasteiger partial charge on any atom is 0.251 e. The first kappa shape index (κ1) is 8.05. The fourth-order valence-corrected chi connectivity index (χ4v) is 1.32. The lowest BCUT2D eigenvalue weighted by Gasteiger charge is -2.01. The Morgan fingerprint density at radius 1 is 1.50 bits per heavy atom. The zero-order valence-corrected chi connectivity index (χ0v) is 7.21. The first-order valence-electron chi connectivity index (χ1n) is 4.75. The maximum atomic E-state index is 11.0. The smallest absolute Gasteiger partial charge is 0.251 e. The molecule has 0 aromatic rings. The average molecular weight is 169 g/mol. The van der Waals surface area contributed by atoms with Gasteiger partial charge in [0, 0.05) is 6.54 Å². The van der Waals surface area contributed by atoms with Crippen LogP contribution in [0.3, 0.4) is 0 Å². The molecule has 1 saturated heterocycles. The zero-order valence-electron chi connectivity index (χ0n) is 7.21. The first-order valence-corrected chi connectivity index (χ1v) is 4.75. The van der Waals surface area contributed by atoms with Gasteiger partial charge < -0.3 is 10.1 Å². The van der Waals surface area contributed by atoms with Crippen LogP contribution in [0, 0.1) is 5.92 Å². The van der Waals surface area contributed by atoms with E-state index < -0.39 is 0 Å². The second-order valence-electron chi connectivity index (χ2n) is 3.70. The molecule has 1 aliphatic heterocycles. The predicted octanol–water partition coefficient (Wildman–Crippen LogP) is 0.692. The summed E-state index contributed by atoms with van der Waals surface area (Å²) in [6.45, 7) is 1.45. The van der Waals surface area contributed by atoms with Gasteiger partial charge in [-0.05, 0) is 18.8 Å². The molecule has 1 unspecified atom stereocenters. The third-order valence-corrected chi connectivity index (χ3v) is 2.41. The Hall–Kier alpha value is -0.570. The maximum absolute atomic E-state index is 11.0. The van der Waals surface area contributed by atoms with Crippen molar-refractivity contribution >= 4 is 5.91 Å². The predicted molar refractivity (Wildman–Crippen MR) is 44.7 cm³/mol. The van der Waals surface area contributed by atoms with Gasteiger partial charge in [0.1, 0.15) is 0 Å². The SMILES string of the molecule is O=C(NCCCC1CC1)C1CO1. The van der Waals surface area contributed by atoms with Crippen LogP contribution in [0.5, 0.6) is 0 Å². The van der Waals surface area contributed by atoms with Gasteiger partial charge in [0.25, 0.3) is 5.91 Å². The monoisotopic (exact) mass is 169 g/mol. The third-order valence-electron chi connectivity index (χ3n) is 2.41. The number of carbonyl (C=O) groups excluding carboxylic acids is 1. The average Bonchev–Trinajstić information content (AvgIpc) is 2.85. The van der Waals surface area contributed by atoms with E-state index >= 15 is 0 Å². The van der Waals surface area contributed by atoms with E-state index in [4.69, 9.17) is 4.74 Å². The molecule has 1 heterocycles. The van der Waals surface area contributed by atoms with Gasteiger partial charge in [0.15, 0.2) is 6.10 Å². The lowest BCUT2D eigenvalue weighted by molar-refractivity contribution is -0.122. The van der Waals surface area contributed by atoms with Crippen LogP contribution in [-0.2, 0) is 9.53 Å². The van der Waals surface area contributed by atoms with Crippen molar-refractivity contribution in [1.29, 1.82) is 0 Å². The van der Waals surface area contributed by atoms with Gasteiger partial charge in [-0.25, -0.2) is 0 Å². The number of amides is 1. The summed E-state index contributed by atoms with van der Waals surface area (Å²) in [6, 6.07) is 0. The number of nitrogens with one attached hydrogen (secondary N) is 1. The summed E-state index contributed by atoms with van der Waals surface area (Å²) in [5, 5.41) is 2.86. The summed E-state index contributed by atoms with van der Waals surface area (Å²) in [5.41, 5.74) is 0. The standard InChI is InChI=1S/C9H15NO2/c11-9(8-6-12-8)10-5-1-2-7-3-4-7/h7-8H,1-6H2,(H,10,11). The van der Waals surface area contributed by atoms with Gasteiger partial charge in [0.2, 0.25) is 0 Å². The molecule has 1 N–H and O–H groups in total. The van der Waals surface area contributed by atoms with Gasteiger partial charge in [-0.15, -0.1) is 0 Å². The molecule has 2 rings (SSSR count). The molecule has 2 fully saturated rings. The summed E-state index contributed by atoms with van der Waals surface area (Å²) < 4.78 is 4.85. The molecule has 68 valence electrons. The Kier molecular flexibility index (Phi) is 2.30. The molecule has 0 bridgehead atoms. The Morgan fingerprint density at radius 3 is 2.83 bits per heavy atom. The van der Waals surface area contributed by atoms with Crippen LogP contribution in [0.2, 0.25) is 0 Å². The van der Waals surface area contributed by atoms with Crippen molar-refractivity contribution in [3.05, 3.63) is 0 Å². The zero-order chi connectivity index (χ0) is 8.39. The van der Waals surface area contributed by atoms with Crippen LogP contribution in [0.15, 0.2) is 0 Å². The summed E-state index contributed by atoms with van der Waals surface area (Å²) >= 11 is 0. The summed E-state index contributed by atoms with van der Waals surface area (Å²) in [4.78, 5) is 11.0. The molecule has 1 amide bonds. The normalized spacial score (nSPS) is 26.8. The topological polar surface area (TPSA) is 41.6 Å². The Bertz CT molecular complexity index is 173. The molecule has 0 spiro atoms. The fourth-order valence-electron chi connectivity index (χ4n) is 1.32. The minimum Gasteiger partial charge on any atom is -0.363 e. The first-order chi connectivity index (χ1) is 5.86. The largest absolute Gasteiger partial charge is 0.363 e. The summed E-state index contributed by atoms with van der Waals surface area (Å²) in [6.07, 6.45) is 5.10. The number of hydrogen-bond acceptors (Lipinski definition) is 2. The Balaban J connectivity index is 1.46. The molecular formula is C9H15NO2. The van der Waals surface area contributed by atoms with Crippen LogP contribution in [-0.4, -0.2) is 25.2 Å². The number of rotatable bonds is 5. The van der Waals surface area contributed by atoms with Gasteiger partial charge in [-0.1, -0.05) is 12.8 Å². The van der Waals surface area contributed by atoms with E-state index in [2.05, 4.69) is 5.32 Å². The van der Waals surface area contributed by atoms with Crippen LogP contribution in [0.25, 0.3) is 0 Å². The van der Waals surface area contributed by atoms with Gasteiger partial charge >= 0.3 is 0 Å². The van der Waals surface area contributed by atoms with Gasteiger partial charge in [0.05, 0.1) is 6.61 Å². The van der Waals surface area contributed by atoms with Gasteiger partial charge in [-0.3, -0.25) is 4.79 Å². The van der Waals surface area contributed by atoms with Gasteiger partial charge in [-0.2, -0.15) is 0 Å². The van der Waals surface area contributed by atoms with Crippen molar-refractivity contribution in [2.75, 3.05) is 13.2 Å². The van der Waals surface area contributed by atoms with Crippen LogP contribution in [0.1, 0.15) is 25.7 Å². The lowest BCUT2D eigenvalue weighted by atomic mass is 10.2. The minimum absolute atomic E-state index is 0.0748. The van der Waals surface area contributed by atoms with E-state index in [1.54, 1.807) is 0 Å². The second-order valence-corrected chi connectivity index (χ2v) is 3.70. The molecular weight excluding hydrogens is 154 g/mol. The van der Waals surface area contributed by atoms with Crippen molar-refractivity contribution in [3.63, 3.8) is 0 Å². The molecule has 0 radical (unpaired) electrons. The Labute approximate surface area is 72.5 Å². The van der Waals surface area contributed by atoms with E-state index in [0.29, 0.717) is 6.61 Å². The molecule has 1 aliphatic carbocycles. The molecule has 3 nitrogen and oxygen atoms in total. The lowest BCUT2D eigenvalue weighted by Crippen LogP contribution is -2.28. The van der Waals surface area contributed by atoms with Crippen molar-refractivity contribution in [1.82, 2.24) is 5.32 Å². The van der Waals surface area contributed by atoms with E-state index in [1.807, 2.05) is 0 Å². The molecule has 0 aromatic carbocycles. The molecule has 1 saturated carbocycles.